The SMILES string of the molecule is CCCCOC(=O)OC(C)Oc1cccc2[nH]cc(CCN(C)C)c12. The van der Waals surface area contributed by atoms with Crippen LogP contribution in [0.1, 0.15) is 32.3 Å². The highest BCUT2D eigenvalue weighted by atomic mass is 16.8. The van der Waals surface area contributed by atoms with Crippen molar-refractivity contribution in [3.8, 4) is 5.75 Å². The second-order valence-corrected chi connectivity index (χ2v) is 6.30. The molecule has 2 rings (SSSR count). The average Bonchev–Trinajstić information content (AvgIpc) is 2.97. The molecule has 0 bridgehead atoms. The summed E-state index contributed by atoms with van der Waals surface area (Å²) in [6.07, 6.45) is 3.27. The van der Waals surface area contributed by atoms with Crippen molar-refractivity contribution < 1.29 is 19.0 Å². The van der Waals surface area contributed by atoms with Crippen LogP contribution in [-0.2, 0) is 15.9 Å². The summed E-state index contributed by atoms with van der Waals surface area (Å²) in [5.41, 5.74) is 2.18. The van der Waals surface area contributed by atoms with Crippen molar-refractivity contribution in [2.75, 3.05) is 27.2 Å². The third-order valence-corrected chi connectivity index (χ3v) is 3.85. The number of hydrogen-bond donors (Lipinski definition) is 1. The van der Waals surface area contributed by atoms with Crippen LogP contribution in [0.5, 0.6) is 5.75 Å². The van der Waals surface area contributed by atoms with Crippen molar-refractivity contribution in [2.45, 2.75) is 39.4 Å². The lowest BCUT2D eigenvalue weighted by molar-refractivity contribution is -0.0526. The molecule has 0 aliphatic heterocycles. The van der Waals surface area contributed by atoms with Gasteiger partial charge in [0.05, 0.1) is 6.61 Å². The zero-order valence-corrected chi connectivity index (χ0v) is 15.5. The monoisotopic (exact) mass is 348 g/mol. The normalized spacial score (nSPS) is 12.4. The Morgan fingerprint density at radius 2 is 2.12 bits per heavy atom. The van der Waals surface area contributed by atoms with Crippen molar-refractivity contribution in [2.24, 2.45) is 0 Å². The van der Waals surface area contributed by atoms with Gasteiger partial charge < -0.3 is 24.1 Å². The maximum Gasteiger partial charge on any atom is 0.511 e. The maximum absolute atomic E-state index is 11.6. The van der Waals surface area contributed by atoms with E-state index in [1.807, 2.05) is 45.4 Å². The third kappa shape index (κ3) is 5.67. The van der Waals surface area contributed by atoms with Crippen LogP contribution in [-0.4, -0.2) is 49.6 Å². The van der Waals surface area contributed by atoms with Crippen LogP contribution in [0.4, 0.5) is 4.79 Å². The molecule has 1 unspecified atom stereocenters. The van der Waals surface area contributed by atoms with E-state index in [9.17, 15) is 4.79 Å². The van der Waals surface area contributed by atoms with Gasteiger partial charge in [-0.3, -0.25) is 0 Å². The summed E-state index contributed by atoms with van der Waals surface area (Å²) in [6.45, 7) is 5.03. The summed E-state index contributed by atoms with van der Waals surface area (Å²) in [4.78, 5) is 17.0. The minimum Gasteiger partial charge on any atom is -0.454 e. The Hall–Kier alpha value is -2.21. The second kappa shape index (κ2) is 9.32. The molecule has 25 heavy (non-hydrogen) atoms. The highest BCUT2D eigenvalue weighted by molar-refractivity contribution is 5.89. The van der Waals surface area contributed by atoms with Crippen LogP contribution in [0, 0.1) is 0 Å². The van der Waals surface area contributed by atoms with Crippen molar-refractivity contribution >= 4 is 17.1 Å². The van der Waals surface area contributed by atoms with Gasteiger partial charge in [0.1, 0.15) is 5.75 Å². The lowest BCUT2D eigenvalue weighted by Gasteiger charge is -2.16. The Balaban J connectivity index is 2.04. The fourth-order valence-electron chi connectivity index (χ4n) is 2.53. The molecule has 6 heteroatoms. The van der Waals surface area contributed by atoms with Gasteiger partial charge in [-0.1, -0.05) is 19.4 Å². The molecule has 1 N–H and O–H groups in total. The molecule has 0 spiro atoms. The third-order valence-electron chi connectivity index (χ3n) is 3.85. The number of unbranched alkanes of at least 4 members (excludes halogenated alkanes) is 1. The molecular weight excluding hydrogens is 320 g/mol. The summed E-state index contributed by atoms with van der Waals surface area (Å²) < 4.78 is 16.0. The summed E-state index contributed by atoms with van der Waals surface area (Å²) >= 11 is 0. The zero-order valence-electron chi connectivity index (χ0n) is 15.5. The average molecular weight is 348 g/mol. The van der Waals surface area contributed by atoms with Gasteiger partial charge in [-0.25, -0.2) is 4.79 Å². The molecule has 0 amide bonds. The highest BCUT2D eigenvalue weighted by Gasteiger charge is 2.15. The first-order chi connectivity index (χ1) is 12.0. The first-order valence-electron chi connectivity index (χ1n) is 8.75. The molecule has 0 aliphatic carbocycles. The summed E-state index contributed by atoms with van der Waals surface area (Å²) in [7, 11) is 4.10. The van der Waals surface area contributed by atoms with Gasteiger partial charge in [-0.15, -0.1) is 0 Å². The number of carbonyl (C=O) groups excluding carboxylic acids is 1. The number of likely N-dealkylation sites (N-methyl/N-ethyl adjacent to an activating group) is 1. The van der Waals surface area contributed by atoms with Gasteiger partial charge >= 0.3 is 6.16 Å². The molecule has 138 valence electrons. The van der Waals surface area contributed by atoms with E-state index in [0.29, 0.717) is 12.4 Å². The van der Waals surface area contributed by atoms with Crippen LogP contribution in [0.2, 0.25) is 0 Å². The standard InChI is InChI=1S/C19H28N2O4/c1-5-6-12-23-19(22)25-14(2)24-17-9-7-8-16-18(17)15(13-20-16)10-11-21(3)4/h7-9,13-14,20H,5-6,10-12H2,1-4H3. The number of hydrogen-bond acceptors (Lipinski definition) is 5. The van der Waals surface area contributed by atoms with Crippen LogP contribution in [0.15, 0.2) is 24.4 Å². The second-order valence-electron chi connectivity index (χ2n) is 6.30. The van der Waals surface area contributed by atoms with Crippen molar-refractivity contribution in [1.29, 1.82) is 0 Å². The predicted molar refractivity (Wildman–Crippen MR) is 98.0 cm³/mol. The summed E-state index contributed by atoms with van der Waals surface area (Å²) in [6, 6.07) is 5.81. The van der Waals surface area contributed by atoms with E-state index in [1.54, 1.807) is 6.92 Å². The molecule has 1 aromatic carbocycles. The number of carbonyl (C=O) groups is 1. The molecule has 6 nitrogen and oxygen atoms in total. The zero-order chi connectivity index (χ0) is 18.2. The molecule has 0 saturated carbocycles. The highest BCUT2D eigenvalue weighted by Crippen LogP contribution is 2.30. The number of H-pyrrole nitrogens is 1. The van der Waals surface area contributed by atoms with Crippen LogP contribution in [0.25, 0.3) is 10.9 Å². The van der Waals surface area contributed by atoms with Gasteiger partial charge in [0, 0.05) is 30.6 Å². The molecular formula is C19H28N2O4. The van der Waals surface area contributed by atoms with Gasteiger partial charge in [0.2, 0.25) is 6.29 Å². The minimum atomic E-state index is -0.726. The predicted octanol–water partition coefficient (Wildman–Crippen LogP) is 3.95. The number of fused-ring (bicyclic) bond motifs is 1. The Bertz CT molecular complexity index is 681. The summed E-state index contributed by atoms with van der Waals surface area (Å²) in [5, 5.41) is 1.03. The lowest BCUT2D eigenvalue weighted by Crippen LogP contribution is -2.22. The topological polar surface area (TPSA) is 63.8 Å². The van der Waals surface area contributed by atoms with E-state index < -0.39 is 12.4 Å². The first kappa shape index (κ1) is 19.1. The van der Waals surface area contributed by atoms with Gasteiger partial charge in [-0.2, -0.15) is 0 Å². The molecule has 1 aromatic heterocycles. The van der Waals surface area contributed by atoms with Crippen LogP contribution in [0.3, 0.4) is 0 Å². The van der Waals surface area contributed by atoms with E-state index in [4.69, 9.17) is 14.2 Å². The number of nitrogens with one attached hydrogen (secondary N) is 1. The number of nitrogens with zero attached hydrogens (tertiary/aromatic N) is 1. The van der Waals surface area contributed by atoms with Crippen molar-refractivity contribution in [3.63, 3.8) is 0 Å². The fraction of sp³-hybridized carbons (Fsp3) is 0.526. The number of aromatic amines is 1. The van der Waals surface area contributed by atoms with E-state index in [1.165, 1.54) is 5.56 Å². The Kier molecular flexibility index (Phi) is 7.13. The summed E-state index contributed by atoms with van der Waals surface area (Å²) in [5.74, 6) is 0.696. The quantitative estimate of drug-likeness (QED) is 0.422. The lowest BCUT2D eigenvalue weighted by atomic mass is 10.1. The van der Waals surface area contributed by atoms with Gasteiger partial charge in [-0.05, 0) is 44.6 Å². The molecule has 2 aromatic rings. The maximum atomic E-state index is 11.6. The Morgan fingerprint density at radius 1 is 1.32 bits per heavy atom. The molecule has 0 radical (unpaired) electrons. The van der Waals surface area contributed by atoms with Crippen LogP contribution < -0.4 is 4.74 Å². The molecule has 0 aliphatic rings. The molecule has 0 fully saturated rings. The van der Waals surface area contributed by atoms with Gasteiger partial charge in [0.25, 0.3) is 0 Å². The molecule has 0 saturated heterocycles. The Labute approximate surface area is 149 Å². The van der Waals surface area contributed by atoms with E-state index in [-0.39, 0.29) is 0 Å². The number of ether oxygens (including phenoxy) is 3. The Morgan fingerprint density at radius 3 is 2.84 bits per heavy atom. The minimum absolute atomic E-state index is 0.365. The van der Waals surface area contributed by atoms with Crippen molar-refractivity contribution in [3.05, 3.63) is 30.0 Å². The number of benzene rings is 1. The van der Waals surface area contributed by atoms with Crippen molar-refractivity contribution in [1.82, 2.24) is 9.88 Å². The smallest absolute Gasteiger partial charge is 0.454 e. The molecule has 1 atom stereocenters. The number of rotatable bonds is 9. The van der Waals surface area contributed by atoms with Crippen LogP contribution >= 0.6 is 0 Å². The van der Waals surface area contributed by atoms with E-state index in [0.717, 1.165) is 36.7 Å². The van der Waals surface area contributed by atoms with E-state index in [2.05, 4.69) is 9.88 Å². The molecule has 1 heterocycles. The number of aromatic nitrogens is 1. The fourth-order valence-corrected chi connectivity index (χ4v) is 2.53. The van der Waals surface area contributed by atoms with E-state index >= 15 is 0 Å². The first-order valence-corrected chi connectivity index (χ1v) is 8.75. The van der Waals surface area contributed by atoms with Gasteiger partial charge in [0.15, 0.2) is 0 Å². The largest absolute Gasteiger partial charge is 0.511 e.